The topological polar surface area (TPSA) is 49.4 Å². The van der Waals surface area contributed by atoms with Gasteiger partial charge < -0.3 is 0 Å². The Morgan fingerprint density at radius 1 is 1.77 bits per heavy atom. The van der Waals surface area contributed by atoms with E-state index >= 15 is 0 Å². The van der Waals surface area contributed by atoms with Gasteiger partial charge in [0.2, 0.25) is 6.41 Å². The molecule has 0 spiro atoms. The molecule has 1 amide bonds. The Morgan fingerprint density at radius 2 is 2.46 bits per heavy atom. The predicted molar refractivity (Wildman–Crippen MR) is 55.7 cm³/mol. The molecule has 2 atom stereocenters. The number of carbonyl (C=O) groups is 1. The van der Waals surface area contributed by atoms with Crippen LogP contribution in [0.2, 0.25) is 0 Å². The van der Waals surface area contributed by atoms with Crippen LogP contribution in [-0.2, 0) is 9.36 Å². The van der Waals surface area contributed by atoms with Gasteiger partial charge in [-0.1, -0.05) is 25.2 Å². The van der Waals surface area contributed by atoms with Crippen molar-refractivity contribution in [2.75, 3.05) is 13.1 Å². The van der Waals surface area contributed by atoms with Crippen LogP contribution in [0.3, 0.4) is 0 Å². The standard InChI is InChI=1S/C7H15N2O2PS/c1-3-7(2)13-12(11)8-4-5-9(12)6-10/h6-7H,3-5H2,1-2H3,(H,8,11). The van der Waals surface area contributed by atoms with Crippen LogP contribution < -0.4 is 5.09 Å². The number of hydrogen-bond donors (Lipinski definition) is 1. The molecule has 13 heavy (non-hydrogen) atoms. The number of carbonyl (C=O) groups excluding carboxylic acids is 1. The molecule has 0 aromatic rings. The molecule has 1 heterocycles. The lowest BCUT2D eigenvalue weighted by Gasteiger charge is -2.21. The third kappa shape index (κ3) is 2.48. The number of rotatable bonds is 4. The van der Waals surface area contributed by atoms with Crippen LogP contribution in [-0.4, -0.2) is 29.4 Å². The van der Waals surface area contributed by atoms with E-state index in [4.69, 9.17) is 0 Å². The Balaban J connectivity index is 2.63. The van der Waals surface area contributed by atoms with E-state index in [9.17, 15) is 9.36 Å². The van der Waals surface area contributed by atoms with Crippen molar-refractivity contribution >= 4 is 24.4 Å². The van der Waals surface area contributed by atoms with Gasteiger partial charge in [0.15, 0.2) is 0 Å². The summed E-state index contributed by atoms with van der Waals surface area (Å²) in [5, 5.41) is 3.23. The van der Waals surface area contributed by atoms with Crippen LogP contribution in [0.4, 0.5) is 0 Å². The molecule has 0 aromatic carbocycles. The van der Waals surface area contributed by atoms with Crippen LogP contribution in [0.5, 0.6) is 0 Å². The van der Waals surface area contributed by atoms with Gasteiger partial charge in [0, 0.05) is 18.3 Å². The molecule has 0 aromatic heterocycles. The van der Waals surface area contributed by atoms with E-state index in [1.165, 1.54) is 16.1 Å². The Bertz CT molecular complexity index is 237. The molecule has 1 rings (SSSR count). The molecule has 0 aliphatic carbocycles. The molecule has 76 valence electrons. The molecule has 0 saturated carbocycles. The average molecular weight is 222 g/mol. The monoisotopic (exact) mass is 222 g/mol. The van der Waals surface area contributed by atoms with E-state index in [-0.39, 0.29) is 0 Å². The van der Waals surface area contributed by atoms with Crippen molar-refractivity contribution in [3.8, 4) is 0 Å². The Morgan fingerprint density at radius 3 is 3.00 bits per heavy atom. The largest absolute Gasteiger partial charge is 0.294 e. The molecule has 2 unspecified atom stereocenters. The molecule has 6 heteroatoms. The maximum absolute atomic E-state index is 12.1. The van der Waals surface area contributed by atoms with Crippen LogP contribution in [0.15, 0.2) is 0 Å². The van der Waals surface area contributed by atoms with E-state index in [2.05, 4.69) is 5.09 Å². The van der Waals surface area contributed by atoms with E-state index in [0.717, 1.165) is 6.42 Å². The molecule has 1 fully saturated rings. The minimum absolute atomic E-state index is 0.318. The molecule has 4 nitrogen and oxygen atoms in total. The predicted octanol–water partition coefficient (Wildman–Crippen LogP) is 1.69. The van der Waals surface area contributed by atoms with Crippen LogP contribution >= 0.6 is 18.0 Å². The van der Waals surface area contributed by atoms with Crippen molar-refractivity contribution in [3.05, 3.63) is 0 Å². The lowest BCUT2D eigenvalue weighted by Crippen LogP contribution is -2.14. The van der Waals surface area contributed by atoms with Gasteiger partial charge in [0.05, 0.1) is 0 Å². The second-order valence-corrected chi connectivity index (χ2v) is 8.02. The summed E-state index contributed by atoms with van der Waals surface area (Å²) in [6, 6.07) is 0. The minimum Gasteiger partial charge on any atom is -0.278 e. The summed E-state index contributed by atoms with van der Waals surface area (Å²) in [6.07, 6.45) is 1.64. The zero-order valence-corrected chi connectivity index (χ0v) is 9.61. The van der Waals surface area contributed by atoms with Crippen molar-refractivity contribution in [2.45, 2.75) is 25.5 Å². The first-order chi connectivity index (χ1) is 6.12. The zero-order valence-electron chi connectivity index (χ0n) is 7.90. The van der Waals surface area contributed by atoms with E-state index in [1.54, 1.807) is 0 Å². The molecule has 1 saturated heterocycles. The summed E-state index contributed by atoms with van der Waals surface area (Å²) in [6.45, 7) is 2.65. The number of hydrogen-bond acceptors (Lipinski definition) is 3. The Hall–Kier alpha value is 0.0100. The van der Waals surface area contributed by atoms with Gasteiger partial charge in [0.25, 0.3) is 6.65 Å². The molecular formula is C7H15N2O2PS. The van der Waals surface area contributed by atoms with Crippen LogP contribution in [0.1, 0.15) is 20.3 Å². The first-order valence-corrected chi connectivity index (χ1v) is 7.53. The fourth-order valence-electron chi connectivity index (χ4n) is 1.06. The lowest BCUT2D eigenvalue weighted by atomic mass is 10.4. The van der Waals surface area contributed by atoms with Crippen LogP contribution in [0, 0.1) is 0 Å². The lowest BCUT2D eigenvalue weighted by molar-refractivity contribution is -0.113. The summed E-state index contributed by atoms with van der Waals surface area (Å²) < 4.78 is 13.5. The number of nitrogens with one attached hydrogen (secondary N) is 1. The Labute approximate surface area is 82.7 Å². The van der Waals surface area contributed by atoms with E-state index < -0.39 is 6.65 Å². The summed E-state index contributed by atoms with van der Waals surface area (Å²) in [4.78, 5) is 10.6. The fourth-order valence-corrected chi connectivity index (χ4v) is 6.08. The van der Waals surface area contributed by atoms with Crippen LogP contribution in [0.25, 0.3) is 0 Å². The SMILES string of the molecule is CCC(C)SP1(=O)NCCN1C=O. The van der Waals surface area contributed by atoms with Crippen molar-refractivity contribution in [3.63, 3.8) is 0 Å². The van der Waals surface area contributed by atoms with Gasteiger partial charge >= 0.3 is 0 Å². The molecule has 0 bridgehead atoms. The minimum atomic E-state index is -2.62. The van der Waals surface area contributed by atoms with Crippen molar-refractivity contribution in [2.24, 2.45) is 0 Å². The maximum Gasteiger partial charge on any atom is 0.294 e. The highest BCUT2D eigenvalue weighted by atomic mass is 32.7. The normalized spacial score (nSPS) is 30.5. The van der Waals surface area contributed by atoms with Gasteiger partial charge in [-0.15, -0.1) is 0 Å². The fraction of sp³-hybridized carbons (Fsp3) is 0.857. The smallest absolute Gasteiger partial charge is 0.278 e. The summed E-state index contributed by atoms with van der Waals surface area (Å²) >= 11 is 1.38. The zero-order chi connectivity index (χ0) is 9.90. The highest BCUT2D eigenvalue weighted by Gasteiger charge is 2.36. The van der Waals surface area contributed by atoms with Crippen molar-refractivity contribution in [1.82, 2.24) is 9.76 Å². The third-order valence-corrected chi connectivity index (χ3v) is 7.54. The maximum atomic E-state index is 12.1. The quantitative estimate of drug-likeness (QED) is 0.581. The third-order valence-electron chi connectivity index (χ3n) is 2.01. The summed E-state index contributed by atoms with van der Waals surface area (Å²) in [5.41, 5.74) is 0. The average Bonchev–Trinajstić information content (AvgIpc) is 2.46. The molecule has 0 radical (unpaired) electrons. The molecule has 1 aliphatic heterocycles. The van der Waals surface area contributed by atoms with E-state index in [1.807, 2.05) is 13.8 Å². The number of amides is 1. The first-order valence-electron chi connectivity index (χ1n) is 4.38. The van der Waals surface area contributed by atoms with Gasteiger partial charge in [-0.2, -0.15) is 0 Å². The van der Waals surface area contributed by atoms with Gasteiger partial charge in [-0.3, -0.25) is 14.0 Å². The summed E-state index contributed by atoms with van der Waals surface area (Å²) in [7, 11) is 0. The Kier molecular flexibility index (Phi) is 3.83. The highest BCUT2D eigenvalue weighted by Crippen LogP contribution is 2.61. The summed E-state index contributed by atoms with van der Waals surface area (Å²) in [5.74, 6) is 0. The van der Waals surface area contributed by atoms with Crippen molar-refractivity contribution < 1.29 is 9.36 Å². The van der Waals surface area contributed by atoms with Crippen molar-refractivity contribution in [1.29, 1.82) is 0 Å². The van der Waals surface area contributed by atoms with Gasteiger partial charge in [0.1, 0.15) is 0 Å². The molecule has 1 aliphatic rings. The van der Waals surface area contributed by atoms with Gasteiger partial charge in [-0.25, -0.2) is 5.09 Å². The highest BCUT2D eigenvalue weighted by molar-refractivity contribution is 8.57. The number of nitrogens with zero attached hydrogens (tertiary/aromatic N) is 1. The molecule has 1 N–H and O–H groups in total. The first kappa shape index (κ1) is 11.1. The van der Waals surface area contributed by atoms with E-state index in [0.29, 0.717) is 24.7 Å². The second kappa shape index (κ2) is 4.49. The second-order valence-electron chi connectivity index (χ2n) is 3.02. The molecular weight excluding hydrogens is 207 g/mol. The van der Waals surface area contributed by atoms with Gasteiger partial charge in [-0.05, 0) is 6.42 Å².